The number of hydrogen-bond acceptors (Lipinski definition) is 5. The maximum Gasteiger partial charge on any atom is 0.257 e. The van der Waals surface area contributed by atoms with Crippen molar-refractivity contribution in [3.63, 3.8) is 0 Å². The first-order valence-electron chi connectivity index (χ1n) is 7.19. The van der Waals surface area contributed by atoms with Crippen LogP contribution in [-0.2, 0) is 0 Å². The molecule has 0 bridgehead atoms. The fourth-order valence-electron chi connectivity index (χ4n) is 2.68. The van der Waals surface area contributed by atoms with Gasteiger partial charge in [-0.15, -0.1) is 0 Å². The lowest BCUT2D eigenvalue weighted by Gasteiger charge is -2.36. The first-order chi connectivity index (χ1) is 10.3. The lowest BCUT2D eigenvalue weighted by Crippen LogP contribution is -2.47. The number of ether oxygens (including phenoxy) is 1. The first-order valence-corrected chi connectivity index (χ1v) is 7.19. The maximum atomic E-state index is 5.30. The van der Waals surface area contributed by atoms with Gasteiger partial charge in [-0.05, 0) is 24.6 Å². The quantitative estimate of drug-likeness (QED) is 0.863. The highest BCUT2D eigenvalue weighted by Crippen LogP contribution is 2.25. The summed E-state index contributed by atoms with van der Waals surface area (Å²) in [6.45, 7) is 5.92. The SMILES string of the molecule is COc1nccnc1N1CCN(c2cccc(C)c2)CC1. The van der Waals surface area contributed by atoms with Crippen LogP contribution in [0.3, 0.4) is 0 Å². The monoisotopic (exact) mass is 284 g/mol. The molecule has 2 heterocycles. The Morgan fingerprint density at radius 3 is 2.43 bits per heavy atom. The molecule has 3 rings (SSSR count). The van der Waals surface area contributed by atoms with Gasteiger partial charge in [-0.25, -0.2) is 9.97 Å². The zero-order valence-electron chi connectivity index (χ0n) is 12.5. The Hall–Kier alpha value is -2.30. The summed E-state index contributed by atoms with van der Waals surface area (Å²) >= 11 is 0. The highest BCUT2D eigenvalue weighted by Gasteiger charge is 2.21. The number of hydrogen-bond donors (Lipinski definition) is 0. The molecule has 0 radical (unpaired) electrons. The second-order valence-electron chi connectivity index (χ2n) is 5.20. The van der Waals surface area contributed by atoms with Gasteiger partial charge in [0, 0.05) is 44.3 Å². The van der Waals surface area contributed by atoms with E-state index in [2.05, 4.69) is 51.0 Å². The molecule has 1 fully saturated rings. The lowest BCUT2D eigenvalue weighted by atomic mass is 10.2. The fourth-order valence-corrected chi connectivity index (χ4v) is 2.68. The van der Waals surface area contributed by atoms with E-state index in [0.717, 1.165) is 32.0 Å². The third kappa shape index (κ3) is 2.91. The van der Waals surface area contributed by atoms with Gasteiger partial charge in [0.25, 0.3) is 5.88 Å². The van der Waals surface area contributed by atoms with Gasteiger partial charge in [-0.1, -0.05) is 12.1 Å². The summed E-state index contributed by atoms with van der Waals surface area (Å²) in [5.41, 5.74) is 2.59. The molecule has 0 aliphatic carbocycles. The minimum Gasteiger partial charge on any atom is -0.478 e. The zero-order chi connectivity index (χ0) is 14.7. The molecule has 0 N–H and O–H groups in total. The van der Waals surface area contributed by atoms with E-state index in [0.29, 0.717) is 5.88 Å². The van der Waals surface area contributed by atoms with Crippen molar-refractivity contribution in [2.45, 2.75) is 6.92 Å². The topological polar surface area (TPSA) is 41.5 Å². The van der Waals surface area contributed by atoms with E-state index in [1.54, 1.807) is 19.5 Å². The van der Waals surface area contributed by atoms with Crippen LogP contribution >= 0.6 is 0 Å². The summed E-state index contributed by atoms with van der Waals surface area (Å²) < 4.78 is 5.30. The minimum absolute atomic E-state index is 0.599. The molecule has 5 heteroatoms. The van der Waals surface area contributed by atoms with E-state index in [-0.39, 0.29) is 0 Å². The molecule has 1 aromatic carbocycles. The molecule has 1 saturated heterocycles. The van der Waals surface area contributed by atoms with Crippen LogP contribution in [0.2, 0.25) is 0 Å². The van der Waals surface area contributed by atoms with Crippen LogP contribution < -0.4 is 14.5 Å². The van der Waals surface area contributed by atoms with Crippen LogP contribution in [0.15, 0.2) is 36.7 Å². The number of piperazine rings is 1. The van der Waals surface area contributed by atoms with Gasteiger partial charge < -0.3 is 14.5 Å². The predicted octanol–water partition coefficient (Wildman–Crippen LogP) is 2.12. The Balaban J connectivity index is 1.70. The van der Waals surface area contributed by atoms with Crippen LogP contribution in [0, 0.1) is 6.92 Å². The molecule has 110 valence electrons. The molecule has 1 aliphatic heterocycles. The highest BCUT2D eigenvalue weighted by molar-refractivity contribution is 5.53. The third-order valence-corrected chi connectivity index (χ3v) is 3.79. The Kier molecular flexibility index (Phi) is 3.90. The molecule has 21 heavy (non-hydrogen) atoms. The minimum atomic E-state index is 0.599. The number of rotatable bonds is 3. The van der Waals surface area contributed by atoms with Gasteiger partial charge in [-0.2, -0.15) is 0 Å². The first kappa shape index (κ1) is 13.7. The lowest BCUT2D eigenvalue weighted by molar-refractivity contribution is 0.394. The summed E-state index contributed by atoms with van der Waals surface area (Å²) in [7, 11) is 1.64. The van der Waals surface area contributed by atoms with E-state index < -0.39 is 0 Å². The summed E-state index contributed by atoms with van der Waals surface area (Å²) in [6.07, 6.45) is 3.37. The van der Waals surface area contributed by atoms with Crippen molar-refractivity contribution in [1.82, 2.24) is 9.97 Å². The Morgan fingerprint density at radius 2 is 1.71 bits per heavy atom. The second kappa shape index (κ2) is 5.99. The Labute approximate surface area is 125 Å². The zero-order valence-corrected chi connectivity index (χ0v) is 12.5. The van der Waals surface area contributed by atoms with Gasteiger partial charge in [0.1, 0.15) is 0 Å². The molecule has 2 aromatic rings. The van der Waals surface area contributed by atoms with E-state index in [1.165, 1.54) is 11.3 Å². The van der Waals surface area contributed by atoms with E-state index >= 15 is 0 Å². The predicted molar refractivity (Wildman–Crippen MR) is 84.2 cm³/mol. The number of benzene rings is 1. The van der Waals surface area contributed by atoms with Gasteiger partial charge in [0.2, 0.25) is 0 Å². The van der Waals surface area contributed by atoms with Crippen LogP contribution in [0.1, 0.15) is 5.56 Å². The van der Waals surface area contributed by atoms with Crippen LogP contribution in [0.25, 0.3) is 0 Å². The highest BCUT2D eigenvalue weighted by atomic mass is 16.5. The molecule has 0 atom stereocenters. The Morgan fingerprint density at radius 1 is 1.00 bits per heavy atom. The standard InChI is InChI=1S/C16H20N4O/c1-13-4-3-5-14(12-13)19-8-10-20(11-9-19)15-16(21-2)18-7-6-17-15/h3-7,12H,8-11H2,1-2H3. The van der Waals surface area contributed by atoms with Crippen molar-refractivity contribution < 1.29 is 4.74 Å². The summed E-state index contributed by atoms with van der Waals surface area (Å²) in [4.78, 5) is 13.3. The van der Waals surface area contributed by atoms with Crippen LogP contribution in [-0.4, -0.2) is 43.3 Å². The summed E-state index contributed by atoms with van der Waals surface area (Å²) in [5, 5.41) is 0. The normalized spacial score (nSPS) is 15.1. The van der Waals surface area contributed by atoms with Crippen LogP contribution in [0.5, 0.6) is 5.88 Å². The molecular weight excluding hydrogens is 264 g/mol. The molecule has 5 nitrogen and oxygen atoms in total. The van der Waals surface area contributed by atoms with Crippen molar-refractivity contribution >= 4 is 11.5 Å². The van der Waals surface area contributed by atoms with Gasteiger partial charge in [0.15, 0.2) is 5.82 Å². The molecule has 0 saturated carbocycles. The van der Waals surface area contributed by atoms with Gasteiger partial charge >= 0.3 is 0 Å². The number of nitrogens with zero attached hydrogens (tertiary/aromatic N) is 4. The molecular formula is C16H20N4O. The maximum absolute atomic E-state index is 5.30. The largest absolute Gasteiger partial charge is 0.478 e. The second-order valence-corrected chi connectivity index (χ2v) is 5.20. The third-order valence-electron chi connectivity index (χ3n) is 3.79. The molecule has 0 spiro atoms. The molecule has 1 aliphatic rings. The van der Waals surface area contributed by atoms with Crippen molar-refractivity contribution in [1.29, 1.82) is 0 Å². The van der Waals surface area contributed by atoms with E-state index in [1.807, 2.05) is 0 Å². The van der Waals surface area contributed by atoms with E-state index in [4.69, 9.17) is 4.74 Å². The molecule has 0 amide bonds. The van der Waals surface area contributed by atoms with Gasteiger partial charge in [-0.3, -0.25) is 0 Å². The summed E-state index contributed by atoms with van der Waals surface area (Å²) in [6, 6.07) is 8.65. The number of anilines is 2. The molecule has 0 unspecified atom stereocenters. The van der Waals surface area contributed by atoms with Crippen molar-refractivity contribution in [2.75, 3.05) is 43.1 Å². The van der Waals surface area contributed by atoms with E-state index in [9.17, 15) is 0 Å². The fraction of sp³-hybridized carbons (Fsp3) is 0.375. The van der Waals surface area contributed by atoms with Crippen molar-refractivity contribution in [2.24, 2.45) is 0 Å². The smallest absolute Gasteiger partial charge is 0.257 e. The van der Waals surface area contributed by atoms with Crippen LogP contribution in [0.4, 0.5) is 11.5 Å². The average Bonchev–Trinajstić information content (AvgIpc) is 2.55. The number of methoxy groups -OCH3 is 1. The average molecular weight is 284 g/mol. The van der Waals surface area contributed by atoms with Gasteiger partial charge in [0.05, 0.1) is 7.11 Å². The Bertz CT molecular complexity index is 609. The summed E-state index contributed by atoms with van der Waals surface area (Å²) in [5.74, 6) is 1.44. The number of aromatic nitrogens is 2. The van der Waals surface area contributed by atoms with Crippen molar-refractivity contribution in [3.05, 3.63) is 42.2 Å². The number of aryl methyl sites for hydroxylation is 1. The molecule has 1 aromatic heterocycles. The van der Waals surface area contributed by atoms with Crippen molar-refractivity contribution in [3.8, 4) is 5.88 Å².